The van der Waals surface area contributed by atoms with Crippen LogP contribution < -0.4 is 10.6 Å². The zero-order valence-corrected chi connectivity index (χ0v) is 11.6. The van der Waals surface area contributed by atoms with E-state index in [0.29, 0.717) is 18.9 Å². The summed E-state index contributed by atoms with van der Waals surface area (Å²) >= 11 is 0. The molecule has 0 bridgehead atoms. The lowest BCUT2D eigenvalue weighted by molar-refractivity contribution is -0.118. The van der Waals surface area contributed by atoms with Gasteiger partial charge in [0.15, 0.2) is 0 Å². The number of benzene rings is 1. The van der Waals surface area contributed by atoms with Gasteiger partial charge in [0.05, 0.1) is 11.0 Å². The highest BCUT2D eigenvalue weighted by atomic mass is 16.2. The third-order valence-electron chi connectivity index (χ3n) is 3.15. The lowest BCUT2D eigenvalue weighted by Gasteiger charge is -2.16. The molecule has 3 N–H and O–H groups in total. The maximum Gasteiger partial charge on any atom is 0.227 e. The van der Waals surface area contributed by atoms with Crippen molar-refractivity contribution in [3.05, 3.63) is 24.0 Å². The summed E-state index contributed by atoms with van der Waals surface area (Å²) in [6, 6.07) is 5.78. The second kappa shape index (κ2) is 5.40. The number of H-pyrrole nitrogens is 1. The van der Waals surface area contributed by atoms with Crippen molar-refractivity contribution in [2.24, 2.45) is 5.73 Å². The molecule has 19 heavy (non-hydrogen) atoms. The van der Waals surface area contributed by atoms with E-state index in [1.54, 1.807) is 11.9 Å². The van der Waals surface area contributed by atoms with Gasteiger partial charge < -0.3 is 15.6 Å². The Morgan fingerprint density at radius 3 is 2.84 bits per heavy atom. The minimum atomic E-state index is 0.0189. The zero-order valence-electron chi connectivity index (χ0n) is 11.6. The summed E-state index contributed by atoms with van der Waals surface area (Å²) in [7, 11) is 1.76. The number of amides is 1. The van der Waals surface area contributed by atoms with E-state index in [4.69, 9.17) is 5.73 Å². The minimum Gasteiger partial charge on any atom is -0.342 e. The number of aromatic amines is 1. The number of nitrogens with one attached hydrogen (secondary N) is 1. The van der Waals surface area contributed by atoms with Gasteiger partial charge in [0.1, 0.15) is 5.82 Å². The Labute approximate surface area is 112 Å². The molecule has 2 rings (SSSR count). The summed E-state index contributed by atoms with van der Waals surface area (Å²) in [5.74, 6) is 1.33. The fourth-order valence-corrected chi connectivity index (χ4v) is 1.93. The first-order chi connectivity index (χ1) is 9.02. The van der Waals surface area contributed by atoms with Crippen LogP contribution in [0.2, 0.25) is 0 Å². The average molecular weight is 260 g/mol. The predicted octanol–water partition coefficient (Wildman–Crippen LogP) is 2.00. The lowest BCUT2D eigenvalue weighted by Crippen LogP contribution is -2.27. The normalized spacial score (nSPS) is 11.2. The summed E-state index contributed by atoms with van der Waals surface area (Å²) in [4.78, 5) is 21.2. The molecule has 5 heteroatoms. The van der Waals surface area contributed by atoms with Crippen LogP contribution in [0, 0.1) is 0 Å². The maximum atomic E-state index is 11.8. The Bertz CT molecular complexity index is 588. The molecule has 0 saturated carbocycles. The molecule has 0 fully saturated rings. The van der Waals surface area contributed by atoms with Crippen molar-refractivity contribution in [2.75, 3.05) is 18.5 Å². The number of aromatic nitrogens is 2. The number of carbonyl (C=O) groups is 1. The van der Waals surface area contributed by atoms with Gasteiger partial charge in [-0.25, -0.2) is 4.98 Å². The Morgan fingerprint density at radius 2 is 2.21 bits per heavy atom. The number of carbonyl (C=O) groups excluding carboxylic acids is 1. The number of fused-ring (bicyclic) bond motifs is 1. The highest BCUT2D eigenvalue weighted by Gasteiger charge is 2.12. The molecule has 0 radical (unpaired) electrons. The van der Waals surface area contributed by atoms with Crippen molar-refractivity contribution < 1.29 is 4.79 Å². The third kappa shape index (κ3) is 2.76. The first-order valence-corrected chi connectivity index (χ1v) is 6.49. The fourth-order valence-electron chi connectivity index (χ4n) is 1.93. The van der Waals surface area contributed by atoms with E-state index < -0.39 is 0 Å². The van der Waals surface area contributed by atoms with E-state index in [-0.39, 0.29) is 5.91 Å². The fraction of sp³-hybridized carbons (Fsp3) is 0.429. The van der Waals surface area contributed by atoms with Gasteiger partial charge in [0.25, 0.3) is 0 Å². The van der Waals surface area contributed by atoms with E-state index in [2.05, 4.69) is 23.8 Å². The molecule has 1 heterocycles. The van der Waals surface area contributed by atoms with Gasteiger partial charge in [0, 0.05) is 31.6 Å². The third-order valence-corrected chi connectivity index (χ3v) is 3.15. The predicted molar refractivity (Wildman–Crippen MR) is 77.3 cm³/mol. The molecule has 1 aromatic carbocycles. The maximum absolute atomic E-state index is 11.8. The van der Waals surface area contributed by atoms with Gasteiger partial charge >= 0.3 is 0 Å². The van der Waals surface area contributed by atoms with Crippen molar-refractivity contribution in [1.29, 1.82) is 0 Å². The largest absolute Gasteiger partial charge is 0.342 e. The van der Waals surface area contributed by atoms with Crippen molar-refractivity contribution in [2.45, 2.75) is 26.2 Å². The second-order valence-corrected chi connectivity index (χ2v) is 4.97. The monoisotopic (exact) mass is 260 g/mol. The Morgan fingerprint density at radius 1 is 1.47 bits per heavy atom. The molecular formula is C14H20N4O. The van der Waals surface area contributed by atoms with Gasteiger partial charge in [-0.3, -0.25) is 4.79 Å². The Kier molecular flexibility index (Phi) is 3.85. The topological polar surface area (TPSA) is 75.0 Å². The van der Waals surface area contributed by atoms with E-state index in [1.165, 1.54) is 0 Å². The van der Waals surface area contributed by atoms with Crippen LogP contribution in [0.25, 0.3) is 11.0 Å². The highest BCUT2D eigenvalue weighted by Crippen LogP contribution is 2.22. The van der Waals surface area contributed by atoms with Gasteiger partial charge in [-0.2, -0.15) is 0 Å². The molecule has 1 amide bonds. The molecule has 0 aliphatic rings. The van der Waals surface area contributed by atoms with Crippen LogP contribution in [-0.4, -0.2) is 29.5 Å². The molecular weight excluding hydrogens is 240 g/mol. The van der Waals surface area contributed by atoms with Crippen molar-refractivity contribution in [1.82, 2.24) is 9.97 Å². The van der Waals surface area contributed by atoms with Gasteiger partial charge in [-0.1, -0.05) is 13.8 Å². The van der Waals surface area contributed by atoms with Crippen molar-refractivity contribution >= 4 is 22.6 Å². The summed E-state index contributed by atoms with van der Waals surface area (Å²) in [5.41, 5.74) is 8.14. The number of nitrogens with two attached hydrogens (primary N) is 1. The number of imidazole rings is 1. The van der Waals surface area contributed by atoms with Crippen LogP contribution in [0.4, 0.5) is 5.69 Å². The lowest BCUT2D eigenvalue weighted by atomic mass is 10.2. The molecule has 0 aliphatic carbocycles. The minimum absolute atomic E-state index is 0.0189. The molecule has 0 aliphatic heterocycles. The standard InChI is InChI=1S/C14H20N4O/c1-9(2)14-16-11-5-4-10(8-12(11)17-14)18(3)13(19)6-7-15/h4-5,8-9H,6-7,15H2,1-3H3,(H,16,17). The van der Waals surface area contributed by atoms with Crippen LogP contribution in [0.1, 0.15) is 32.0 Å². The van der Waals surface area contributed by atoms with E-state index in [9.17, 15) is 4.79 Å². The van der Waals surface area contributed by atoms with Gasteiger partial charge in [-0.15, -0.1) is 0 Å². The molecule has 1 aromatic heterocycles. The molecule has 0 unspecified atom stereocenters. The molecule has 102 valence electrons. The smallest absolute Gasteiger partial charge is 0.227 e. The molecule has 0 spiro atoms. The van der Waals surface area contributed by atoms with Gasteiger partial charge in [-0.05, 0) is 18.2 Å². The second-order valence-electron chi connectivity index (χ2n) is 4.97. The van der Waals surface area contributed by atoms with E-state index in [0.717, 1.165) is 22.5 Å². The number of rotatable bonds is 4. The van der Waals surface area contributed by atoms with E-state index >= 15 is 0 Å². The summed E-state index contributed by atoms with van der Waals surface area (Å²) in [5, 5.41) is 0. The highest BCUT2D eigenvalue weighted by molar-refractivity contribution is 5.94. The number of hydrogen-bond acceptors (Lipinski definition) is 3. The average Bonchev–Trinajstić information content (AvgIpc) is 2.81. The molecule has 2 aromatic rings. The van der Waals surface area contributed by atoms with Crippen LogP contribution in [0.5, 0.6) is 0 Å². The zero-order chi connectivity index (χ0) is 14.0. The quantitative estimate of drug-likeness (QED) is 0.882. The van der Waals surface area contributed by atoms with Crippen LogP contribution in [0.15, 0.2) is 18.2 Å². The van der Waals surface area contributed by atoms with Crippen LogP contribution in [-0.2, 0) is 4.79 Å². The Balaban J connectivity index is 2.33. The Hall–Kier alpha value is -1.88. The SMILES string of the molecule is CC(C)c1nc2ccc(N(C)C(=O)CCN)cc2[nH]1. The number of anilines is 1. The van der Waals surface area contributed by atoms with Crippen LogP contribution >= 0.6 is 0 Å². The van der Waals surface area contributed by atoms with E-state index in [1.807, 2.05) is 18.2 Å². The van der Waals surface area contributed by atoms with Gasteiger partial charge in [0.2, 0.25) is 5.91 Å². The number of nitrogens with zero attached hydrogens (tertiary/aromatic N) is 2. The summed E-state index contributed by atoms with van der Waals surface area (Å²) in [6.07, 6.45) is 0.356. The summed E-state index contributed by atoms with van der Waals surface area (Å²) in [6.45, 7) is 4.55. The molecule has 0 atom stereocenters. The van der Waals surface area contributed by atoms with Crippen LogP contribution in [0.3, 0.4) is 0 Å². The van der Waals surface area contributed by atoms with Crippen molar-refractivity contribution in [3.8, 4) is 0 Å². The first-order valence-electron chi connectivity index (χ1n) is 6.49. The first kappa shape index (κ1) is 13.5. The molecule has 5 nitrogen and oxygen atoms in total. The molecule has 0 saturated heterocycles. The number of hydrogen-bond donors (Lipinski definition) is 2. The summed E-state index contributed by atoms with van der Waals surface area (Å²) < 4.78 is 0. The van der Waals surface area contributed by atoms with Crippen molar-refractivity contribution in [3.63, 3.8) is 0 Å².